The number of phenolic OH excluding ortho intramolecular Hbond substituents is 1. The highest BCUT2D eigenvalue weighted by molar-refractivity contribution is 6.43. The van der Waals surface area contributed by atoms with E-state index >= 15 is 0 Å². The number of para-hydroxylation sites is 1. The number of hydrogen-bond acceptors (Lipinski definition) is 5. The zero-order chi connectivity index (χ0) is 19.1. The minimum Gasteiger partial charge on any atom is -0.504 e. The van der Waals surface area contributed by atoms with Gasteiger partial charge in [-0.1, -0.05) is 40.9 Å². The fourth-order valence-corrected chi connectivity index (χ4v) is 2.47. The molecule has 0 fully saturated rings. The fourth-order valence-electron chi connectivity index (χ4n) is 1.88. The van der Waals surface area contributed by atoms with E-state index in [1.165, 1.54) is 18.3 Å². The van der Waals surface area contributed by atoms with Gasteiger partial charge in [0.15, 0.2) is 18.1 Å². The molecule has 2 rings (SSSR count). The Labute approximate surface area is 165 Å². The SMILES string of the molecule is CCOc1cccc(C=NNC(=O)COc2cc(Cl)c(Cl)cc2Cl)c1O. The molecule has 0 saturated heterocycles. The van der Waals surface area contributed by atoms with E-state index < -0.39 is 5.91 Å². The molecule has 9 heteroatoms. The fraction of sp³-hybridized carbons (Fsp3) is 0.176. The summed E-state index contributed by atoms with van der Waals surface area (Å²) < 4.78 is 10.6. The predicted octanol–water partition coefficient (Wildman–Crippen LogP) is 4.28. The molecule has 0 spiro atoms. The molecule has 26 heavy (non-hydrogen) atoms. The Morgan fingerprint density at radius 3 is 2.62 bits per heavy atom. The molecule has 1 amide bonds. The highest BCUT2D eigenvalue weighted by Crippen LogP contribution is 2.33. The molecule has 0 unspecified atom stereocenters. The lowest BCUT2D eigenvalue weighted by Crippen LogP contribution is -2.24. The van der Waals surface area contributed by atoms with E-state index in [-0.39, 0.29) is 33.2 Å². The third-order valence-corrected chi connectivity index (χ3v) is 4.07. The summed E-state index contributed by atoms with van der Waals surface area (Å²) in [5.74, 6) is -0.0300. The molecule has 6 nitrogen and oxygen atoms in total. The van der Waals surface area contributed by atoms with Crippen LogP contribution in [0.2, 0.25) is 15.1 Å². The van der Waals surface area contributed by atoms with Crippen molar-refractivity contribution in [1.82, 2.24) is 5.43 Å². The van der Waals surface area contributed by atoms with Gasteiger partial charge in [-0.2, -0.15) is 5.10 Å². The maximum Gasteiger partial charge on any atom is 0.277 e. The van der Waals surface area contributed by atoms with Crippen LogP contribution in [0.25, 0.3) is 0 Å². The standard InChI is InChI=1S/C17H15Cl3N2O4/c1-2-25-14-5-3-4-10(17(14)24)8-21-22-16(23)9-26-15-7-12(19)11(18)6-13(15)20/h3-8,24H,2,9H2,1H3,(H,22,23). The van der Waals surface area contributed by atoms with Crippen molar-refractivity contribution < 1.29 is 19.4 Å². The number of rotatable bonds is 7. The van der Waals surface area contributed by atoms with Crippen LogP contribution < -0.4 is 14.9 Å². The lowest BCUT2D eigenvalue weighted by molar-refractivity contribution is -0.123. The number of hydrogen-bond donors (Lipinski definition) is 2. The third kappa shape index (κ3) is 5.42. The van der Waals surface area contributed by atoms with Crippen LogP contribution in [-0.2, 0) is 4.79 Å². The van der Waals surface area contributed by atoms with E-state index in [0.29, 0.717) is 17.9 Å². The lowest BCUT2D eigenvalue weighted by Gasteiger charge is -2.08. The average molecular weight is 418 g/mol. The van der Waals surface area contributed by atoms with Crippen LogP contribution in [0.3, 0.4) is 0 Å². The zero-order valence-electron chi connectivity index (χ0n) is 13.6. The maximum absolute atomic E-state index is 11.8. The second-order valence-electron chi connectivity index (χ2n) is 4.91. The summed E-state index contributed by atoms with van der Waals surface area (Å²) >= 11 is 17.7. The van der Waals surface area contributed by atoms with Gasteiger partial charge in [0.05, 0.1) is 27.9 Å². The quantitative estimate of drug-likeness (QED) is 0.400. The third-order valence-electron chi connectivity index (χ3n) is 3.06. The van der Waals surface area contributed by atoms with Crippen molar-refractivity contribution in [2.24, 2.45) is 5.10 Å². The Kier molecular flexibility index (Phi) is 7.38. The van der Waals surface area contributed by atoms with E-state index in [2.05, 4.69) is 10.5 Å². The lowest BCUT2D eigenvalue weighted by atomic mass is 10.2. The Morgan fingerprint density at radius 1 is 1.15 bits per heavy atom. The maximum atomic E-state index is 11.8. The van der Waals surface area contributed by atoms with Gasteiger partial charge in [-0.25, -0.2) is 5.43 Å². The Bertz CT molecular complexity index is 828. The van der Waals surface area contributed by atoms with E-state index in [0.717, 1.165) is 0 Å². The van der Waals surface area contributed by atoms with Gasteiger partial charge in [0.25, 0.3) is 5.91 Å². The number of ether oxygens (including phenoxy) is 2. The van der Waals surface area contributed by atoms with Crippen molar-refractivity contribution in [3.8, 4) is 17.2 Å². The van der Waals surface area contributed by atoms with Crippen LogP contribution in [-0.4, -0.2) is 30.4 Å². The number of carbonyl (C=O) groups is 1. The Morgan fingerprint density at radius 2 is 1.88 bits per heavy atom. The summed E-state index contributed by atoms with van der Waals surface area (Å²) in [6.45, 7) is 1.89. The summed E-state index contributed by atoms with van der Waals surface area (Å²) in [6.07, 6.45) is 1.29. The normalized spacial score (nSPS) is 10.8. The molecule has 0 heterocycles. The molecule has 0 aliphatic heterocycles. The predicted molar refractivity (Wildman–Crippen MR) is 102 cm³/mol. The van der Waals surface area contributed by atoms with Gasteiger partial charge in [-0.05, 0) is 25.1 Å². The van der Waals surface area contributed by atoms with E-state index in [4.69, 9.17) is 44.3 Å². The highest BCUT2D eigenvalue weighted by Gasteiger charge is 2.10. The first-order chi connectivity index (χ1) is 12.4. The molecule has 0 atom stereocenters. The summed E-state index contributed by atoms with van der Waals surface area (Å²) in [6, 6.07) is 7.79. The molecule has 0 bridgehead atoms. The van der Waals surface area contributed by atoms with Crippen LogP contribution in [0.15, 0.2) is 35.4 Å². The summed E-state index contributed by atoms with van der Waals surface area (Å²) in [5.41, 5.74) is 2.67. The number of benzene rings is 2. The molecule has 0 aromatic heterocycles. The number of carbonyl (C=O) groups excluding carboxylic acids is 1. The number of phenols is 1. The molecule has 0 aliphatic carbocycles. The smallest absolute Gasteiger partial charge is 0.277 e. The first kappa shape index (κ1) is 20.2. The average Bonchev–Trinajstić information content (AvgIpc) is 2.60. The summed E-state index contributed by atoms with van der Waals surface area (Å²) in [5, 5.41) is 14.6. The van der Waals surface area contributed by atoms with Gasteiger partial charge in [0.2, 0.25) is 0 Å². The molecule has 2 aromatic carbocycles. The molecule has 138 valence electrons. The zero-order valence-corrected chi connectivity index (χ0v) is 15.9. The highest BCUT2D eigenvalue weighted by atomic mass is 35.5. The van der Waals surface area contributed by atoms with Crippen LogP contribution in [0.4, 0.5) is 0 Å². The molecular weight excluding hydrogens is 403 g/mol. The number of nitrogens with one attached hydrogen (secondary N) is 1. The van der Waals surface area contributed by atoms with E-state index in [1.807, 2.05) is 0 Å². The van der Waals surface area contributed by atoms with Crippen LogP contribution in [0.1, 0.15) is 12.5 Å². The second-order valence-corrected chi connectivity index (χ2v) is 6.13. The number of amides is 1. The van der Waals surface area contributed by atoms with Gasteiger partial charge in [-0.3, -0.25) is 4.79 Å². The minimum absolute atomic E-state index is 0.0637. The first-order valence-corrected chi connectivity index (χ1v) is 8.59. The molecular formula is C17H15Cl3N2O4. The largest absolute Gasteiger partial charge is 0.504 e. The van der Waals surface area contributed by atoms with Gasteiger partial charge in [0.1, 0.15) is 5.75 Å². The van der Waals surface area contributed by atoms with E-state index in [1.54, 1.807) is 25.1 Å². The van der Waals surface area contributed by atoms with Gasteiger partial charge >= 0.3 is 0 Å². The number of nitrogens with zero attached hydrogens (tertiary/aromatic N) is 1. The van der Waals surface area contributed by atoms with Crippen LogP contribution in [0.5, 0.6) is 17.2 Å². The number of halogens is 3. The topological polar surface area (TPSA) is 80.2 Å². The van der Waals surface area contributed by atoms with Crippen molar-refractivity contribution in [1.29, 1.82) is 0 Å². The summed E-state index contributed by atoms with van der Waals surface area (Å²) in [4.78, 5) is 11.8. The summed E-state index contributed by atoms with van der Waals surface area (Å²) in [7, 11) is 0. The van der Waals surface area contributed by atoms with Crippen LogP contribution in [0, 0.1) is 0 Å². The second kappa shape index (κ2) is 9.52. The van der Waals surface area contributed by atoms with Crippen molar-refractivity contribution in [3.05, 3.63) is 51.0 Å². The molecule has 2 aromatic rings. The Balaban J connectivity index is 1.92. The van der Waals surface area contributed by atoms with E-state index in [9.17, 15) is 9.90 Å². The van der Waals surface area contributed by atoms with Gasteiger partial charge in [-0.15, -0.1) is 0 Å². The van der Waals surface area contributed by atoms with Gasteiger partial charge in [0, 0.05) is 11.6 Å². The van der Waals surface area contributed by atoms with Crippen molar-refractivity contribution in [2.75, 3.05) is 13.2 Å². The minimum atomic E-state index is -0.524. The number of aromatic hydroxyl groups is 1. The molecule has 0 saturated carbocycles. The molecule has 2 N–H and O–H groups in total. The van der Waals surface area contributed by atoms with Crippen molar-refractivity contribution in [3.63, 3.8) is 0 Å². The van der Waals surface area contributed by atoms with Gasteiger partial charge < -0.3 is 14.6 Å². The first-order valence-electron chi connectivity index (χ1n) is 7.46. The molecule has 0 radical (unpaired) electrons. The van der Waals surface area contributed by atoms with Crippen LogP contribution >= 0.6 is 34.8 Å². The number of hydrazone groups is 1. The van der Waals surface area contributed by atoms with Crippen molar-refractivity contribution in [2.45, 2.75) is 6.92 Å². The monoisotopic (exact) mass is 416 g/mol. The Hall–Kier alpha value is -2.15. The molecule has 0 aliphatic rings. The van der Waals surface area contributed by atoms with Crippen molar-refractivity contribution >= 4 is 46.9 Å².